The summed E-state index contributed by atoms with van der Waals surface area (Å²) in [5, 5.41) is 129. The number of nitrogens with zero attached hydrogens (tertiary/aromatic N) is 2. The molecule has 7 aromatic rings. The largest absolute Gasteiger partial charge is 0.508 e. The molecule has 6 aromatic carbocycles. The molecule has 1 aromatic heterocycles. The lowest BCUT2D eigenvalue weighted by molar-refractivity contribution is -0.334. The van der Waals surface area contributed by atoms with Gasteiger partial charge in [-0.3, -0.25) is 53.1 Å². The molecule has 672 valence electrons. The quantitative estimate of drug-likeness (QED) is 0.0475. The van der Waals surface area contributed by atoms with Crippen molar-refractivity contribution in [1.82, 2.24) is 62.9 Å². The maximum absolute atomic E-state index is 16.3. The van der Waals surface area contributed by atoms with Crippen LogP contribution in [-0.4, -0.2) is 214 Å². The maximum Gasteiger partial charge on any atom is 0.349 e. The van der Waals surface area contributed by atoms with Crippen molar-refractivity contribution in [3.05, 3.63) is 173 Å². The van der Waals surface area contributed by atoms with Gasteiger partial charge in [-0.15, -0.1) is 0 Å². The van der Waals surface area contributed by atoms with Crippen LogP contribution in [0.2, 0.25) is 20.1 Å². The molecule has 18 atom stereocenters. The van der Waals surface area contributed by atoms with Crippen molar-refractivity contribution < 1.29 is 122 Å². The number of halogens is 4. The molecule has 7 aliphatic rings. The summed E-state index contributed by atoms with van der Waals surface area (Å²) >= 11 is 26.5. The SMILES string of the molecule is CN[C@H](CC(C)C)C(=O)N[C@H]1C(=O)N[C@@H](CC(N)=O)C(=O)N[C@H]2C(=O)N[C@H]3C(=O)N[C@H](C(=O)N[C@@H](C(=O)NNC(N)=O)c4cc(O)cc(O)c4-c4cc3ccc4O)[C@H](O)c3ccc(c(Cl)c3)Oc3cc2cc(c3O[C@@H]2O[C@H](CO)[C@@H](O)[C@H](O)[C@H]2O[C@H]2C[C@](C)(NCCn3ccc(NC(=O)Cc4ccc(Cl)c(Cl)c4)nc3=O)[C@H](O)[C@H](C)O2)Oc2ccc(cc2Cl)[C@H]1O. The monoisotopic (exact) mass is 1830 g/mol. The number of nitrogens with one attached hydrogen (secondary N) is 11. The minimum atomic E-state index is -2.42. The van der Waals surface area contributed by atoms with E-state index in [1.54, 1.807) is 26.8 Å². The third-order valence-corrected chi connectivity index (χ3v) is 22.8. The van der Waals surface area contributed by atoms with Crippen molar-refractivity contribution in [2.24, 2.45) is 17.4 Å². The van der Waals surface area contributed by atoms with Crippen LogP contribution < -0.4 is 90.1 Å². The third-order valence-electron chi connectivity index (χ3n) is 21.4. The number of benzene rings is 6. The topological polar surface area (TPSA) is 627 Å². The van der Waals surface area contributed by atoms with Gasteiger partial charge in [-0.25, -0.2) is 15.0 Å². The second-order valence-electron chi connectivity index (χ2n) is 31.0. The smallest absolute Gasteiger partial charge is 0.349 e. The summed E-state index contributed by atoms with van der Waals surface area (Å²) in [6.45, 7) is 5.52. The van der Waals surface area contributed by atoms with E-state index in [1.165, 1.54) is 49.0 Å². The molecule has 2 fully saturated rings. The summed E-state index contributed by atoms with van der Waals surface area (Å²) in [4.78, 5) is 162. The Labute approximate surface area is 735 Å². The number of hydrogen-bond acceptors (Lipinski definition) is 29. The Morgan fingerprint density at radius 2 is 1.33 bits per heavy atom. The summed E-state index contributed by atoms with van der Waals surface area (Å²) in [6.07, 6.45) is -18.5. The number of aromatic nitrogens is 2. The van der Waals surface area contributed by atoms with E-state index in [-0.39, 0.29) is 65.3 Å². The van der Waals surface area contributed by atoms with Crippen molar-refractivity contribution in [2.45, 2.75) is 169 Å². The number of carbonyl (C=O) groups excluding carboxylic acids is 10. The van der Waals surface area contributed by atoms with E-state index < -0.39 is 271 Å². The van der Waals surface area contributed by atoms with Crippen LogP contribution in [0.25, 0.3) is 11.1 Å². The molecule has 41 nitrogen and oxygen atoms in total. The fourth-order valence-electron chi connectivity index (χ4n) is 15.0. The highest BCUT2D eigenvalue weighted by atomic mass is 35.5. The number of hydrogen-bond donors (Lipinski definition) is 22. The number of phenolic OH excluding ortho intramolecular Hbond substituents is 3. The molecular formula is C81H89Cl4N15O26. The van der Waals surface area contributed by atoms with Gasteiger partial charge in [0.15, 0.2) is 23.9 Å². The molecule has 7 aliphatic heterocycles. The van der Waals surface area contributed by atoms with E-state index in [1.807, 2.05) is 10.9 Å². The highest BCUT2D eigenvalue weighted by Gasteiger charge is 2.52. The molecule has 0 spiro atoms. The van der Waals surface area contributed by atoms with E-state index in [0.717, 1.165) is 72.8 Å². The highest BCUT2D eigenvalue weighted by Crippen LogP contribution is 2.50. The molecule has 2 saturated heterocycles. The number of aliphatic hydroxyl groups excluding tert-OH is 6. The van der Waals surface area contributed by atoms with Gasteiger partial charge in [0.25, 0.3) is 5.91 Å². The first-order valence-corrected chi connectivity index (χ1v) is 40.6. The van der Waals surface area contributed by atoms with E-state index in [4.69, 9.17) is 86.3 Å². The van der Waals surface area contributed by atoms with Crippen LogP contribution in [0, 0.1) is 5.92 Å². The minimum absolute atomic E-state index is 0.0492. The second-order valence-corrected chi connectivity index (χ2v) is 32.6. The number of urea groups is 1. The molecular weight excluding hydrogens is 1740 g/mol. The number of nitrogens with two attached hydrogens (primary N) is 2. The number of anilines is 1. The number of hydrazine groups is 1. The molecule has 0 saturated carbocycles. The number of ether oxygens (including phenoxy) is 6. The fourth-order valence-corrected chi connectivity index (χ4v) is 15.8. The molecule has 126 heavy (non-hydrogen) atoms. The summed E-state index contributed by atoms with van der Waals surface area (Å²) in [5.74, 6) is -16.8. The summed E-state index contributed by atoms with van der Waals surface area (Å²) in [7, 11) is 1.46. The van der Waals surface area contributed by atoms with Crippen molar-refractivity contribution in [3.8, 4) is 57.1 Å². The Morgan fingerprint density at radius 1 is 0.683 bits per heavy atom. The minimum Gasteiger partial charge on any atom is -0.508 e. The Kier molecular flexibility index (Phi) is 29.2. The Bertz CT molecular complexity index is 5470. The lowest BCUT2D eigenvalue weighted by Crippen LogP contribution is -2.65. The first kappa shape index (κ1) is 93.4. The summed E-state index contributed by atoms with van der Waals surface area (Å²) in [5.41, 5.74) is 10.2. The van der Waals surface area contributed by atoms with E-state index in [0.29, 0.717) is 5.56 Å². The molecule has 0 radical (unpaired) electrons. The second kappa shape index (κ2) is 39.4. The number of fused-ring (bicyclic) bond motifs is 15. The first-order chi connectivity index (χ1) is 59.7. The van der Waals surface area contributed by atoms with Crippen LogP contribution in [0.15, 0.2) is 114 Å². The highest BCUT2D eigenvalue weighted by molar-refractivity contribution is 6.42. The van der Waals surface area contributed by atoms with Gasteiger partial charge in [-0.05, 0) is 139 Å². The molecule has 8 heterocycles. The molecule has 11 amide bonds. The zero-order valence-corrected chi connectivity index (χ0v) is 70.3. The zero-order chi connectivity index (χ0) is 91.4. The number of carbonyl (C=O) groups is 10. The van der Waals surface area contributed by atoms with Crippen LogP contribution in [0.1, 0.15) is 111 Å². The third kappa shape index (κ3) is 21.1. The molecule has 0 unspecified atom stereocenters. The van der Waals surface area contributed by atoms with Crippen LogP contribution >= 0.6 is 46.4 Å². The fraction of sp³-hybridized carbons (Fsp3) is 0.383. The Balaban J connectivity index is 1.000. The molecule has 0 aliphatic carbocycles. The van der Waals surface area contributed by atoms with Crippen LogP contribution in [0.3, 0.4) is 0 Å². The first-order valence-electron chi connectivity index (χ1n) is 39.1. The predicted molar refractivity (Wildman–Crippen MR) is 444 cm³/mol. The Morgan fingerprint density at radius 3 is 1.96 bits per heavy atom. The van der Waals surface area contributed by atoms with Gasteiger partial charge in [-0.2, -0.15) is 4.98 Å². The maximum atomic E-state index is 16.3. The summed E-state index contributed by atoms with van der Waals surface area (Å²) in [6, 6.07) is 3.47. The van der Waals surface area contributed by atoms with Crippen LogP contribution in [0.5, 0.6) is 46.0 Å². The van der Waals surface area contributed by atoms with Crippen molar-refractivity contribution in [1.29, 1.82) is 0 Å². The van der Waals surface area contributed by atoms with Crippen molar-refractivity contribution in [2.75, 3.05) is 25.5 Å². The number of likely N-dealkylation sites (N-methyl/N-ethyl adjacent to an activating group) is 1. The van der Waals surface area contributed by atoms with Crippen molar-refractivity contribution >= 4 is 111 Å². The number of phenols is 3. The van der Waals surface area contributed by atoms with E-state index in [9.17, 15) is 74.7 Å². The average Bonchev–Trinajstić information content (AvgIpc) is 0.764. The molecule has 14 rings (SSSR count). The van der Waals surface area contributed by atoms with Gasteiger partial charge in [-0.1, -0.05) is 84.5 Å². The van der Waals surface area contributed by atoms with Crippen molar-refractivity contribution in [3.63, 3.8) is 0 Å². The number of primary amides is 2. The average molecular weight is 1830 g/mol. The molecule has 11 bridgehead atoms. The van der Waals surface area contributed by atoms with E-state index >= 15 is 24.0 Å². The standard InChI is InChI=1S/C81H89Cl4N15O26/c1-31(2)18-45(88-5)71(112)96-62-64(107)35-8-12-49(43(84)22-35)122-51-24-37-25-52(68(51)126-78-69(67(110)66(109)53(30-101)124-78)125-57-29-81(4,70(111)32(3)121-57)89-15-17-100-16-14-55(92-80(100)120)91-56(106)20-33-6-10-41(82)42(83)19-33)123-50-13-9-36(23-44(50)85)65(108)63-76(117)95-61(77(118)98-99-79(87)119)40-26-38(102)27-48(104)58(40)39-21-34(7-11-47(39)103)59(73(114)97-63)94-74(115)60(37)93-72(113)46(28-54(86)105)90-75(62)116/h6-14,16,19,21-27,31-32,45-46,53,57,59-67,69-70,78,88-89,101-104,107-111H,15,17-18,20,28-30H2,1-5H3,(H2,86,105)(H,90,116)(H,93,113)(H,94,115)(H,95,117)(H,96,112)(H,97,114)(H,98,118)(H3,87,99,119)(H,91,92,106,120)/t32-,45+,46-,53+,57-,59+,60+,61+,62+,63-,64+,65+,66+,67-,69+,70+,78-,81-/m0/s1. The van der Waals surface area contributed by atoms with Crippen LogP contribution in [-0.2, 0) is 70.3 Å². The van der Waals surface area contributed by atoms with E-state index in [2.05, 4.69) is 52.8 Å². The lowest BCUT2D eigenvalue weighted by atomic mass is 9.85. The van der Waals surface area contributed by atoms with Gasteiger partial charge in [0.05, 0.1) is 57.8 Å². The number of aromatic hydroxyl groups is 3. The van der Waals surface area contributed by atoms with Gasteiger partial charge < -0.3 is 134 Å². The molecule has 24 N–H and O–H groups in total. The van der Waals surface area contributed by atoms with Crippen LogP contribution in [0.4, 0.5) is 10.6 Å². The molecule has 45 heteroatoms. The van der Waals surface area contributed by atoms with Gasteiger partial charge >= 0.3 is 11.7 Å². The Hall–Kier alpha value is -11.8. The zero-order valence-electron chi connectivity index (χ0n) is 67.3. The normalized spacial score (nSPS) is 25.8. The summed E-state index contributed by atoms with van der Waals surface area (Å²) < 4.78 is 40.6. The van der Waals surface area contributed by atoms with Gasteiger partial charge in [0.2, 0.25) is 59.3 Å². The lowest BCUT2D eigenvalue weighted by Gasteiger charge is -2.48. The predicted octanol–water partition coefficient (Wildman–Crippen LogP) is 1.10. The van der Waals surface area contributed by atoms with Gasteiger partial charge in [0, 0.05) is 48.4 Å². The van der Waals surface area contributed by atoms with Gasteiger partial charge in [0.1, 0.15) is 101 Å². The number of rotatable bonds is 20. The number of aliphatic hydroxyl groups is 6. The number of amides is 11.